The zero-order chi connectivity index (χ0) is 18.8. The normalized spacial score (nSPS) is 20.2. The minimum absolute atomic E-state index is 0.00117. The highest BCUT2D eigenvalue weighted by Crippen LogP contribution is 2.49. The van der Waals surface area contributed by atoms with Crippen LogP contribution in [0.25, 0.3) is 10.9 Å². The van der Waals surface area contributed by atoms with E-state index in [2.05, 4.69) is 17.1 Å². The number of carbonyl (C=O) groups excluding carboxylic acids is 1. The fourth-order valence-electron chi connectivity index (χ4n) is 4.90. The van der Waals surface area contributed by atoms with E-state index in [1.165, 1.54) is 23.1 Å². The van der Waals surface area contributed by atoms with E-state index in [4.69, 9.17) is 0 Å². The number of amides is 1. The first-order chi connectivity index (χ1) is 13.7. The van der Waals surface area contributed by atoms with Crippen LogP contribution in [0.15, 0.2) is 72.8 Å². The van der Waals surface area contributed by atoms with Crippen LogP contribution in [-0.4, -0.2) is 22.3 Å². The zero-order valence-electron chi connectivity index (χ0n) is 15.0. The lowest BCUT2D eigenvalue weighted by Crippen LogP contribution is -2.37. The van der Waals surface area contributed by atoms with Crippen LogP contribution in [0.3, 0.4) is 0 Å². The number of H-pyrrole nitrogens is 1. The Bertz CT molecular complexity index is 1240. The van der Waals surface area contributed by atoms with Gasteiger partial charge in [0.1, 0.15) is 5.82 Å². The van der Waals surface area contributed by atoms with Crippen LogP contribution in [0, 0.1) is 5.82 Å². The maximum atomic E-state index is 13.5. The van der Waals surface area contributed by atoms with Gasteiger partial charge in [0, 0.05) is 34.6 Å². The summed E-state index contributed by atoms with van der Waals surface area (Å²) in [5.41, 5.74) is 6.20. The first kappa shape index (κ1) is 15.6. The summed E-state index contributed by atoms with van der Waals surface area (Å²) in [5.74, 6) is -0.181. The quantitative estimate of drug-likeness (QED) is 0.504. The molecule has 2 aliphatic rings. The number of nitrogens with zero attached hydrogens (tertiary/aromatic N) is 1. The molecular formula is C24H17FN2O. The van der Waals surface area contributed by atoms with E-state index >= 15 is 0 Å². The summed E-state index contributed by atoms with van der Waals surface area (Å²) in [6.07, 6.45) is 0. The molecule has 2 aliphatic heterocycles. The van der Waals surface area contributed by atoms with Crippen LogP contribution >= 0.6 is 0 Å². The molecule has 3 heterocycles. The smallest absolute Gasteiger partial charge is 0.255 e. The van der Waals surface area contributed by atoms with E-state index in [9.17, 15) is 9.18 Å². The molecule has 6 rings (SSSR count). The van der Waals surface area contributed by atoms with E-state index in [0.717, 1.165) is 27.9 Å². The van der Waals surface area contributed by atoms with Gasteiger partial charge in [0.05, 0.1) is 6.04 Å². The lowest BCUT2D eigenvalue weighted by atomic mass is 9.83. The van der Waals surface area contributed by atoms with E-state index in [0.29, 0.717) is 6.54 Å². The van der Waals surface area contributed by atoms with Gasteiger partial charge in [-0.1, -0.05) is 48.5 Å². The number of fused-ring (bicyclic) bond motifs is 7. The number of benzene rings is 3. The monoisotopic (exact) mass is 368 g/mol. The molecular weight excluding hydrogens is 351 g/mol. The van der Waals surface area contributed by atoms with Gasteiger partial charge >= 0.3 is 0 Å². The zero-order valence-corrected chi connectivity index (χ0v) is 15.0. The number of halogens is 1. The van der Waals surface area contributed by atoms with E-state index in [-0.39, 0.29) is 23.7 Å². The summed E-state index contributed by atoms with van der Waals surface area (Å²) in [7, 11) is 0. The maximum absolute atomic E-state index is 13.5. The third-order valence-electron chi connectivity index (χ3n) is 6.11. The Balaban J connectivity index is 1.63. The van der Waals surface area contributed by atoms with Gasteiger partial charge in [-0.15, -0.1) is 0 Å². The Morgan fingerprint density at radius 1 is 0.929 bits per heavy atom. The second-order valence-corrected chi connectivity index (χ2v) is 7.55. The van der Waals surface area contributed by atoms with Crippen molar-refractivity contribution >= 4 is 16.8 Å². The molecule has 136 valence electrons. The first-order valence-corrected chi connectivity index (χ1v) is 9.48. The predicted octanol–water partition coefficient (Wildman–Crippen LogP) is 5.00. The molecule has 0 unspecified atom stereocenters. The van der Waals surface area contributed by atoms with Crippen LogP contribution < -0.4 is 0 Å². The average Bonchev–Trinajstić information content (AvgIpc) is 3.25. The van der Waals surface area contributed by atoms with Crippen LogP contribution in [0.2, 0.25) is 0 Å². The van der Waals surface area contributed by atoms with Gasteiger partial charge in [-0.05, 0) is 41.0 Å². The number of carbonyl (C=O) groups is 1. The van der Waals surface area contributed by atoms with Crippen molar-refractivity contribution in [2.24, 2.45) is 0 Å². The van der Waals surface area contributed by atoms with Crippen molar-refractivity contribution in [3.05, 3.63) is 107 Å². The molecule has 0 saturated carbocycles. The molecule has 0 saturated heterocycles. The molecule has 1 N–H and O–H groups in total. The summed E-state index contributed by atoms with van der Waals surface area (Å²) in [6.45, 7) is 0.582. The SMILES string of the molecule is O=C1c2ccccc2[C@@H]2c3[nH]c4ccccc4c3[C@@H](c3ccc(F)cc3)CN12. The fourth-order valence-corrected chi connectivity index (χ4v) is 4.90. The van der Waals surface area contributed by atoms with Crippen LogP contribution in [0.1, 0.15) is 44.7 Å². The molecule has 1 aromatic heterocycles. The molecule has 1 amide bonds. The second-order valence-electron chi connectivity index (χ2n) is 7.55. The van der Waals surface area contributed by atoms with E-state index in [1.54, 1.807) is 0 Å². The predicted molar refractivity (Wildman–Crippen MR) is 106 cm³/mol. The highest BCUT2D eigenvalue weighted by Gasteiger charge is 2.45. The van der Waals surface area contributed by atoms with E-state index in [1.807, 2.05) is 53.4 Å². The molecule has 2 atom stereocenters. The highest BCUT2D eigenvalue weighted by molar-refractivity contribution is 6.01. The summed E-state index contributed by atoms with van der Waals surface area (Å²) >= 11 is 0. The number of hydrogen-bond acceptors (Lipinski definition) is 1. The van der Waals surface area contributed by atoms with Crippen molar-refractivity contribution in [1.82, 2.24) is 9.88 Å². The topological polar surface area (TPSA) is 36.1 Å². The van der Waals surface area contributed by atoms with Crippen molar-refractivity contribution in [3.63, 3.8) is 0 Å². The van der Waals surface area contributed by atoms with Crippen molar-refractivity contribution in [1.29, 1.82) is 0 Å². The molecule has 4 heteroatoms. The molecule has 3 nitrogen and oxygen atoms in total. The molecule has 28 heavy (non-hydrogen) atoms. The third kappa shape index (κ3) is 2.00. The number of aromatic amines is 1. The maximum Gasteiger partial charge on any atom is 0.255 e. The molecule has 0 aliphatic carbocycles. The van der Waals surface area contributed by atoms with Crippen molar-refractivity contribution in [2.75, 3.05) is 6.54 Å². The molecule has 4 aromatic rings. The standard InChI is InChI=1S/C24H17FN2O/c25-15-11-9-14(10-12-15)19-13-27-23(16-5-1-2-6-17(16)24(27)28)22-21(19)18-7-3-4-8-20(18)26-22/h1-12,19,23,26H,13H2/t19-,23-/m1/s1. The largest absolute Gasteiger partial charge is 0.356 e. The van der Waals surface area contributed by atoms with Gasteiger partial charge < -0.3 is 9.88 Å². The fraction of sp³-hybridized carbons (Fsp3) is 0.125. The van der Waals surface area contributed by atoms with Crippen molar-refractivity contribution in [2.45, 2.75) is 12.0 Å². The Morgan fingerprint density at radius 3 is 2.54 bits per heavy atom. The minimum Gasteiger partial charge on any atom is -0.356 e. The Labute approximate surface area is 161 Å². The number of aromatic nitrogens is 1. The number of hydrogen-bond donors (Lipinski definition) is 1. The molecule has 0 spiro atoms. The van der Waals surface area contributed by atoms with E-state index < -0.39 is 0 Å². The molecule has 0 radical (unpaired) electrons. The second kappa shape index (κ2) is 5.55. The Kier molecular flexibility index (Phi) is 3.10. The molecule has 3 aromatic carbocycles. The summed E-state index contributed by atoms with van der Waals surface area (Å²) < 4.78 is 13.5. The molecule has 0 fully saturated rings. The van der Waals surface area contributed by atoms with Gasteiger partial charge in [0.15, 0.2) is 0 Å². The Hall–Kier alpha value is -3.40. The van der Waals surface area contributed by atoms with Crippen molar-refractivity contribution < 1.29 is 9.18 Å². The van der Waals surface area contributed by atoms with Crippen LogP contribution in [0.5, 0.6) is 0 Å². The van der Waals surface area contributed by atoms with Gasteiger partial charge in [0.2, 0.25) is 0 Å². The lowest BCUT2D eigenvalue weighted by molar-refractivity contribution is 0.0727. The van der Waals surface area contributed by atoms with Crippen molar-refractivity contribution in [3.8, 4) is 0 Å². The van der Waals surface area contributed by atoms with Crippen LogP contribution in [0.4, 0.5) is 4.39 Å². The third-order valence-corrected chi connectivity index (χ3v) is 6.11. The summed E-state index contributed by atoms with van der Waals surface area (Å²) in [6, 6.07) is 22.7. The number of rotatable bonds is 1. The number of nitrogens with one attached hydrogen (secondary N) is 1. The lowest BCUT2D eigenvalue weighted by Gasteiger charge is -2.36. The van der Waals surface area contributed by atoms with Gasteiger partial charge in [-0.25, -0.2) is 4.39 Å². The van der Waals surface area contributed by atoms with Gasteiger partial charge in [-0.2, -0.15) is 0 Å². The Morgan fingerprint density at radius 2 is 1.68 bits per heavy atom. The van der Waals surface area contributed by atoms with Gasteiger partial charge in [0.25, 0.3) is 5.91 Å². The molecule has 0 bridgehead atoms. The minimum atomic E-state index is -0.249. The summed E-state index contributed by atoms with van der Waals surface area (Å²) in [5, 5.41) is 1.17. The van der Waals surface area contributed by atoms with Crippen LogP contribution in [-0.2, 0) is 0 Å². The first-order valence-electron chi connectivity index (χ1n) is 9.48. The highest BCUT2D eigenvalue weighted by atomic mass is 19.1. The summed E-state index contributed by atoms with van der Waals surface area (Å²) in [4.78, 5) is 18.7. The number of para-hydroxylation sites is 1. The van der Waals surface area contributed by atoms with Gasteiger partial charge in [-0.3, -0.25) is 4.79 Å². The average molecular weight is 368 g/mol.